The highest BCUT2D eigenvalue weighted by molar-refractivity contribution is 6.31. The number of hydrogen-bond donors (Lipinski definition) is 2. The molecule has 0 aliphatic heterocycles. The number of hydrogen-bond acceptors (Lipinski definition) is 4. The summed E-state index contributed by atoms with van der Waals surface area (Å²) < 4.78 is 18.7. The number of benzene rings is 1. The van der Waals surface area contributed by atoms with Crippen molar-refractivity contribution < 1.29 is 18.4 Å². The summed E-state index contributed by atoms with van der Waals surface area (Å²) in [5.74, 6) is -1.54. The topological polar surface area (TPSA) is 95.1 Å². The summed E-state index contributed by atoms with van der Waals surface area (Å²) in [7, 11) is 0. The van der Waals surface area contributed by atoms with Crippen LogP contribution in [0.5, 0.6) is 0 Å². The van der Waals surface area contributed by atoms with E-state index < -0.39 is 23.7 Å². The molecule has 0 saturated carbocycles. The van der Waals surface area contributed by atoms with Crippen molar-refractivity contribution in [3.8, 4) is 6.07 Å². The Bertz CT molecular complexity index is 751. The molecular formula is C16H13ClFN3O3. The van der Waals surface area contributed by atoms with Gasteiger partial charge in [0.2, 0.25) is 5.91 Å². The Morgan fingerprint density at radius 2 is 2.12 bits per heavy atom. The fraction of sp³-hybridized carbons (Fsp3) is 0.188. The minimum absolute atomic E-state index is 0.0362. The maximum Gasteiger partial charge on any atom is 0.286 e. The van der Waals surface area contributed by atoms with Crippen LogP contribution in [0.1, 0.15) is 28.6 Å². The van der Waals surface area contributed by atoms with Crippen molar-refractivity contribution in [2.24, 2.45) is 0 Å². The second-order valence-corrected chi connectivity index (χ2v) is 5.16. The molecule has 2 N–H and O–H groups in total. The summed E-state index contributed by atoms with van der Waals surface area (Å²) in [4.78, 5) is 23.5. The van der Waals surface area contributed by atoms with Crippen molar-refractivity contribution >= 4 is 23.4 Å². The van der Waals surface area contributed by atoms with Crippen LogP contribution in [0, 0.1) is 17.1 Å². The van der Waals surface area contributed by atoms with E-state index in [4.69, 9.17) is 21.3 Å². The molecule has 1 heterocycles. The Labute approximate surface area is 142 Å². The third-order valence-corrected chi connectivity index (χ3v) is 3.43. The van der Waals surface area contributed by atoms with Gasteiger partial charge in [0.1, 0.15) is 11.9 Å². The highest BCUT2D eigenvalue weighted by Gasteiger charge is 2.20. The second-order valence-electron chi connectivity index (χ2n) is 4.75. The van der Waals surface area contributed by atoms with Gasteiger partial charge in [0.25, 0.3) is 5.91 Å². The summed E-state index contributed by atoms with van der Waals surface area (Å²) in [5, 5.41) is 14.1. The van der Waals surface area contributed by atoms with Crippen LogP contribution in [0.3, 0.4) is 0 Å². The minimum Gasteiger partial charge on any atom is -0.459 e. The number of carbonyl (C=O) groups excluding carboxylic acids is 2. The predicted octanol–water partition coefficient (Wildman–Crippen LogP) is 2.57. The molecule has 2 aromatic rings. The molecule has 0 bridgehead atoms. The van der Waals surface area contributed by atoms with Crippen LogP contribution in [-0.2, 0) is 4.79 Å². The normalized spacial score (nSPS) is 11.4. The molecule has 0 spiro atoms. The van der Waals surface area contributed by atoms with E-state index >= 15 is 0 Å². The molecule has 0 aliphatic carbocycles. The first-order chi connectivity index (χ1) is 11.5. The zero-order valence-electron chi connectivity index (χ0n) is 12.4. The quantitative estimate of drug-likeness (QED) is 0.837. The second kappa shape index (κ2) is 8.13. The van der Waals surface area contributed by atoms with E-state index in [1.54, 1.807) is 12.1 Å². The lowest BCUT2D eigenvalue weighted by molar-refractivity contribution is -0.121. The van der Waals surface area contributed by atoms with Gasteiger partial charge in [-0.15, -0.1) is 0 Å². The summed E-state index contributed by atoms with van der Waals surface area (Å²) in [5.41, 5.74) is -0.0883. The number of nitriles is 1. The largest absolute Gasteiger partial charge is 0.459 e. The van der Waals surface area contributed by atoms with E-state index in [9.17, 15) is 14.0 Å². The molecule has 124 valence electrons. The first kappa shape index (κ1) is 17.5. The number of furan rings is 1. The SMILES string of the molecule is N#C[C@H](NC(=O)CCNC(=O)c1ccco1)c1c(F)cccc1Cl. The van der Waals surface area contributed by atoms with E-state index in [-0.39, 0.29) is 29.3 Å². The van der Waals surface area contributed by atoms with Gasteiger partial charge in [-0.2, -0.15) is 5.26 Å². The van der Waals surface area contributed by atoms with Crippen LogP contribution in [-0.4, -0.2) is 18.4 Å². The van der Waals surface area contributed by atoms with E-state index in [1.165, 1.54) is 24.5 Å². The summed E-state index contributed by atoms with van der Waals surface area (Å²) in [6.45, 7) is 0.0362. The standard InChI is InChI=1S/C16H13ClFN3O3/c17-10-3-1-4-11(18)15(10)12(9-19)21-14(22)6-7-20-16(23)13-5-2-8-24-13/h1-5,8,12H,6-7H2,(H,20,23)(H,21,22)/t12-/m0/s1. The van der Waals surface area contributed by atoms with Gasteiger partial charge in [-0.1, -0.05) is 17.7 Å². The van der Waals surface area contributed by atoms with Gasteiger partial charge >= 0.3 is 0 Å². The van der Waals surface area contributed by atoms with Crippen molar-refractivity contribution in [2.45, 2.75) is 12.5 Å². The molecule has 6 nitrogen and oxygen atoms in total. The number of rotatable bonds is 6. The molecule has 8 heteroatoms. The Balaban J connectivity index is 1.89. The predicted molar refractivity (Wildman–Crippen MR) is 83.6 cm³/mol. The van der Waals surface area contributed by atoms with Gasteiger partial charge in [0, 0.05) is 23.6 Å². The Hall–Kier alpha value is -2.85. The molecule has 1 atom stereocenters. The van der Waals surface area contributed by atoms with Crippen molar-refractivity contribution in [2.75, 3.05) is 6.54 Å². The van der Waals surface area contributed by atoms with E-state index in [1.807, 2.05) is 0 Å². The molecule has 24 heavy (non-hydrogen) atoms. The monoisotopic (exact) mass is 349 g/mol. The van der Waals surface area contributed by atoms with Crippen molar-refractivity contribution in [1.82, 2.24) is 10.6 Å². The zero-order valence-corrected chi connectivity index (χ0v) is 13.1. The maximum absolute atomic E-state index is 13.8. The van der Waals surface area contributed by atoms with Gasteiger partial charge in [-0.3, -0.25) is 9.59 Å². The van der Waals surface area contributed by atoms with Crippen molar-refractivity contribution in [3.63, 3.8) is 0 Å². The highest BCUT2D eigenvalue weighted by Crippen LogP contribution is 2.25. The van der Waals surface area contributed by atoms with Crippen LogP contribution >= 0.6 is 11.6 Å². The van der Waals surface area contributed by atoms with Crippen molar-refractivity contribution in [1.29, 1.82) is 5.26 Å². The lowest BCUT2D eigenvalue weighted by Gasteiger charge is -2.14. The number of carbonyl (C=O) groups is 2. The third kappa shape index (κ3) is 4.33. The fourth-order valence-electron chi connectivity index (χ4n) is 1.97. The average molecular weight is 350 g/mol. The van der Waals surface area contributed by atoms with Gasteiger partial charge < -0.3 is 15.1 Å². The molecule has 0 unspecified atom stereocenters. The zero-order chi connectivity index (χ0) is 17.5. The lowest BCUT2D eigenvalue weighted by atomic mass is 10.1. The van der Waals surface area contributed by atoms with Crippen LogP contribution in [0.25, 0.3) is 0 Å². The third-order valence-electron chi connectivity index (χ3n) is 3.11. The first-order valence-electron chi connectivity index (χ1n) is 6.97. The summed E-state index contributed by atoms with van der Waals surface area (Å²) in [6, 6.07) is 7.62. The Kier molecular flexibility index (Phi) is 5.93. The minimum atomic E-state index is -1.22. The maximum atomic E-state index is 13.8. The smallest absolute Gasteiger partial charge is 0.286 e. The molecule has 0 fully saturated rings. The summed E-state index contributed by atoms with van der Waals surface area (Å²) in [6.07, 6.45) is 1.27. The number of amides is 2. The number of nitrogens with one attached hydrogen (secondary N) is 2. The number of halogens is 2. The highest BCUT2D eigenvalue weighted by atomic mass is 35.5. The molecule has 0 saturated heterocycles. The first-order valence-corrected chi connectivity index (χ1v) is 7.35. The van der Waals surface area contributed by atoms with Gasteiger partial charge in [0.05, 0.1) is 12.3 Å². The van der Waals surface area contributed by atoms with Gasteiger partial charge in [-0.05, 0) is 24.3 Å². The molecule has 1 aromatic carbocycles. The Morgan fingerprint density at radius 3 is 2.75 bits per heavy atom. The molecule has 1 aromatic heterocycles. The van der Waals surface area contributed by atoms with E-state index in [0.29, 0.717) is 0 Å². The van der Waals surface area contributed by atoms with E-state index in [2.05, 4.69) is 10.6 Å². The molecule has 2 rings (SSSR count). The van der Waals surface area contributed by atoms with E-state index in [0.717, 1.165) is 6.07 Å². The molecule has 0 aliphatic rings. The fourth-order valence-corrected chi connectivity index (χ4v) is 2.25. The van der Waals surface area contributed by atoms with Crippen LogP contribution in [0.15, 0.2) is 41.0 Å². The lowest BCUT2D eigenvalue weighted by Crippen LogP contribution is -2.32. The van der Waals surface area contributed by atoms with Gasteiger partial charge in [-0.25, -0.2) is 4.39 Å². The number of nitrogens with zero attached hydrogens (tertiary/aromatic N) is 1. The summed E-state index contributed by atoms with van der Waals surface area (Å²) >= 11 is 5.88. The molecule has 0 radical (unpaired) electrons. The van der Waals surface area contributed by atoms with Crippen LogP contribution in [0.4, 0.5) is 4.39 Å². The van der Waals surface area contributed by atoms with Crippen LogP contribution < -0.4 is 10.6 Å². The molecule has 2 amide bonds. The molecular weight excluding hydrogens is 337 g/mol. The van der Waals surface area contributed by atoms with Crippen molar-refractivity contribution in [3.05, 3.63) is 58.8 Å². The Morgan fingerprint density at radius 1 is 1.33 bits per heavy atom. The average Bonchev–Trinajstić information content (AvgIpc) is 3.08. The van der Waals surface area contributed by atoms with Gasteiger partial charge in [0.15, 0.2) is 5.76 Å². The van der Waals surface area contributed by atoms with Crippen LogP contribution in [0.2, 0.25) is 5.02 Å².